The minimum absolute atomic E-state index is 0.0167. The number of pyridine rings is 1. The first-order valence-electron chi connectivity index (χ1n) is 12.1. The molecule has 0 saturated carbocycles. The Morgan fingerprint density at radius 1 is 1.06 bits per heavy atom. The Labute approximate surface area is 206 Å². The molecule has 2 heterocycles. The van der Waals surface area contributed by atoms with Gasteiger partial charge in [0, 0.05) is 48.8 Å². The van der Waals surface area contributed by atoms with E-state index in [4.69, 9.17) is 4.74 Å². The van der Waals surface area contributed by atoms with Crippen LogP contribution in [0.3, 0.4) is 0 Å². The zero-order valence-electron chi connectivity index (χ0n) is 20.1. The summed E-state index contributed by atoms with van der Waals surface area (Å²) >= 11 is 0. The summed E-state index contributed by atoms with van der Waals surface area (Å²) < 4.78 is 6.17. The summed E-state index contributed by atoms with van der Waals surface area (Å²) in [7, 11) is 0. The van der Waals surface area contributed by atoms with Gasteiger partial charge in [-0.15, -0.1) is 0 Å². The SMILES string of the molecule is Cc1cnccc1NC(=O)c1cccc2c1CN(Cc1ccccc1)CC(=O)NCCCCCO2. The highest BCUT2D eigenvalue weighted by Crippen LogP contribution is 2.27. The van der Waals surface area contributed by atoms with Crippen molar-refractivity contribution < 1.29 is 14.3 Å². The second kappa shape index (κ2) is 12.1. The van der Waals surface area contributed by atoms with Gasteiger partial charge in [0.2, 0.25) is 5.91 Å². The van der Waals surface area contributed by atoms with Crippen LogP contribution in [0.5, 0.6) is 5.75 Å². The molecule has 7 heteroatoms. The normalized spacial score (nSPS) is 15.4. The van der Waals surface area contributed by atoms with Gasteiger partial charge in [0.1, 0.15) is 5.75 Å². The number of nitrogens with one attached hydrogen (secondary N) is 2. The number of carbonyl (C=O) groups is 2. The van der Waals surface area contributed by atoms with E-state index < -0.39 is 0 Å². The largest absolute Gasteiger partial charge is 0.493 e. The predicted octanol–water partition coefficient (Wildman–Crippen LogP) is 4.32. The summed E-state index contributed by atoms with van der Waals surface area (Å²) in [6, 6.07) is 17.4. The second-order valence-electron chi connectivity index (χ2n) is 8.82. The van der Waals surface area contributed by atoms with Gasteiger partial charge in [0.25, 0.3) is 5.91 Å². The Hall–Kier alpha value is -3.71. The van der Waals surface area contributed by atoms with Crippen molar-refractivity contribution in [2.75, 3.05) is 25.0 Å². The first kappa shape index (κ1) is 24.4. The second-order valence-corrected chi connectivity index (χ2v) is 8.82. The third-order valence-electron chi connectivity index (χ3n) is 6.04. The number of amides is 2. The summed E-state index contributed by atoms with van der Waals surface area (Å²) in [4.78, 5) is 32.3. The molecule has 0 spiro atoms. The van der Waals surface area contributed by atoms with Gasteiger partial charge in [-0.3, -0.25) is 19.5 Å². The molecular weight excluding hydrogens is 440 g/mol. The lowest BCUT2D eigenvalue weighted by Crippen LogP contribution is -2.37. The molecule has 182 valence electrons. The maximum absolute atomic E-state index is 13.4. The molecule has 2 aromatic carbocycles. The average Bonchev–Trinajstić information content (AvgIpc) is 2.87. The highest BCUT2D eigenvalue weighted by atomic mass is 16.5. The van der Waals surface area contributed by atoms with E-state index in [1.807, 2.05) is 55.5 Å². The molecule has 2 N–H and O–H groups in total. The van der Waals surface area contributed by atoms with Crippen molar-refractivity contribution in [3.05, 3.63) is 89.2 Å². The number of nitrogens with zero attached hydrogens (tertiary/aromatic N) is 2. The molecule has 2 amide bonds. The molecule has 1 aliphatic rings. The predicted molar refractivity (Wildman–Crippen MR) is 136 cm³/mol. The zero-order chi connectivity index (χ0) is 24.5. The van der Waals surface area contributed by atoms with E-state index in [1.165, 1.54) is 0 Å². The molecule has 0 saturated heterocycles. The standard InChI is InChI=1S/C28H32N4O3/c1-21-17-29-15-13-25(21)31-28(34)23-11-8-12-26-24(23)19-32(18-22-9-4-2-5-10-22)20-27(33)30-14-6-3-7-16-35-26/h2,4-5,8-13,15,17H,3,6-7,14,16,18-20H2,1H3,(H,30,33)(H,29,31,34). The monoisotopic (exact) mass is 472 g/mol. The molecule has 7 nitrogen and oxygen atoms in total. The Kier molecular flexibility index (Phi) is 8.46. The number of ether oxygens (including phenoxy) is 1. The first-order chi connectivity index (χ1) is 17.1. The molecular formula is C28H32N4O3. The van der Waals surface area contributed by atoms with Gasteiger partial charge >= 0.3 is 0 Å². The molecule has 0 radical (unpaired) electrons. The summed E-state index contributed by atoms with van der Waals surface area (Å²) in [6.45, 7) is 4.33. The topological polar surface area (TPSA) is 83.6 Å². The number of hydrogen-bond acceptors (Lipinski definition) is 5. The van der Waals surface area contributed by atoms with Crippen molar-refractivity contribution in [2.24, 2.45) is 0 Å². The fourth-order valence-electron chi connectivity index (χ4n) is 4.19. The van der Waals surface area contributed by atoms with Crippen molar-refractivity contribution in [2.45, 2.75) is 39.3 Å². The average molecular weight is 473 g/mol. The third-order valence-corrected chi connectivity index (χ3v) is 6.04. The minimum Gasteiger partial charge on any atom is -0.493 e. The van der Waals surface area contributed by atoms with E-state index in [-0.39, 0.29) is 18.4 Å². The van der Waals surface area contributed by atoms with Crippen LogP contribution in [-0.2, 0) is 17.9 Å². The van der Waals surface area contributed by atoms with Crippen LogP contribution in [0.25, 0.3) is 0 Å². The van der Waals surface area contributed by atoms with Gasteiger partial charge in [-0.2, -0.15) is 0 Å². The lowest BCUT2D eigenvalue weighted by atomic mass is 10.0. The number of hydrogen-bond donors (Lipinski definition) is 2. The van der Waals surface area contributed by atoms with Crippen LogP contribution in [0.1, 0.15) is 46.3 Å². The lowest BCUT2D eigenvalue weighted by molar-refractivity contribution is -0.122. The van der Waals surface area contributed by atoms with Gasteiger partial charge in [0.15, 0.2) is 0 Å². The summed E-state index contributed by atoms with van der Waals surface area (Å²) in [5.41, 5.74) is 4.01. The van der Waals surface area contributed by atoms with Crippen LogP contribution in [0.4, 0.5) is 5.69 Å². The lowest BCUT2D eigenvalue weighted by Gasteiger charge is -2.25. The summed E-state index contributed by atoms with van der Waals surface area (Å²) in [5, 5.41) is 6.04. The molecule has 0 fully saturated rings. The van der Waals surface area contributed by atoms with Gasteiger partial charge < -0.3 is 15.4 Å². The highest BCUT2D eigenvalue weighted by Gasteiger charge is 2.21. The molecule has 0 unspecified atom stereocenters. The van der Waals surface area contributed by atoms with E-state index in [9.17, 15) is 9.59 Å². The summed E-state index contributed by atoms with van der Waals surface area (Å²) in [5.74, 6) is 0.451. The fourth-order valence-corrected chi connectivity index (χ4v) is 4.19. The number of carbonyl (C=O) groups excluding carboxylic acids is 2. The first-order valence-corrected chi connectivity index (χ1v) is 12.1. The van der Waals surface area contributed by atoms with Crippen molar-refractivity contribution in [3.63, 3.8) is 0 Å². The van der Waals surface area contributed by atoms with E-state index >= 15 is 0 Å². The van der Waals surface area contributed by atoms with Crippen LogP contribution < -0.4 is 15.4 Å². The van der Waals surface area contributed by atoms with Crippen LogP contribution >= 0.6 is 0 Å². The van der Waals surface area contributed by atoms with E-state index in [2.05, 4.69) is 20.5 Å². The van der Waals surface area contributed by atoms with Crippen molar-refractivity contribution in [1.82, 2.24) is 15.2 Å². The smallest absolute Gasteiger partial charge is 0.256 e. The van der Waals surface area contributed by atoms with Crippen molar-refractivity contribution in [3.8, 4) is 5.75 Å². The van der Waals surface area contributed by atoms with Crippen LogP contribution in [0, 0.1) is 6.92 Å². The molecule has 0 atom stereocenters. The number of rotatable bonds is 4. The Morgan fingerprint density at radius 2 is 1.91 bits per heavy atom. The van der Waals surface area contributed by atoms with Crippen LogP contribution in [-0.4, -0.2) is 41.4 Å². The van der Waals surface area contributed by atoms with Crippen LogP contribution in [0.15, 0.2) is 67.0 Å². The molecule has 0 aliphatic carbocycles. The Balaban J connectivity index is 1.67. The molecule has 35 heavy (non-hydrogen) atoms. The Bertz CT molecular complexity index is 1150. The Morgan fingerprint density at radius 3 is 2.74 bits per heavy atom. The van der Waals surface area contributed by atoms with E-state index in [0.717, 1.165) is 36.0 Å². The highest BCUT2D eigenvalue weighted by molar-refractivity contribution is 6.06. The fraction of sp³-hybridized carbons (Fsp3) is 0.321. The van der Waals surface area contributed by atoms with Gasteiger partial charge in [-0.25, -0.2) is 0 Å². The molecule has 3 aromatic rings. The maximum atomic E-state index is 13.4. The minimum atomic E-state index is -0.215. The van der Waals surface area contributed by atoms with Gasteiger partial charge in [-0.1, -0.05) is 36.4 Å². The molecule has 4 rings (SSSR count). The number of anilines is 1. The number of fused-ring (bicyclic) bond motifs is 1. The third kappa shape index (κ3) is 6.90. The quantitative estimate of drug-likeness (QED) is 0.591. The van der Waals surface area contributed by atoms with Crippen LogP contribution in [0.2, 0.25) is 0 Å². The summed E-state index contributed by atoms with van der Waals surface area (Å²) in [6.07, 6.45) is 6.14. The zero-order valence-corrected chi connectivity index (χ0v) is 20.1. The molecule has 0 bridgehead atoms. The van der Waals surface area contributed by atoms with E-state index in [0.29, 0.717) is 43.2 Å². The number of aryl methyl sites for hydroxylation is 1. The number of aromatic nitrogens is 1. The van der Waals surface area contributed by atoms with E-state index in [1.54, 1.807) is 18.5 Å². The maximum Gasteiger partial charge on any atom is 0.256 e. The van der Waals surface area contributed by atoms with Crippen molar-refractivity contribution in [1.29, 1.82) is 0 Å². The number of benzene rings is 2. The van der Waals surface area contributed by atoms with Gasteiger partial charge in [-0.05, 0) is 55.5 Å². The van der Waals surface area contributed by atoms with Crippen molar-refractivity contribution >= 4 is 17.5 Å². The van der Waals surface area contributed by atoms with Gasteiger partial charge in [0.05, 0.1) is 13.2 Å². The molecule has 1 aliphatic heterocycles. The molecule has 1 aromatic heterocycles.